The van der Waals surface area contributed by atoms with Crippen LogP contribution >= 0.6 is 22.6 Å². The van der Waals surface area contributed by atoms with Crippen LogP contribution in [0.3, 0.4) is 0 Å². The van der Waals surface area contributed by atoms with Gasteiger partial charge >= 0.3 is 6.09 Å². The first-order valence-corrected chi connectivity index (χ1v) is 14.7. The van der Waals surface area contributed by atoms with Crippen molar-refractivity contribution in [2.24, 2.45) is 5.92 Å². The molecule has 2 heterocycles. The van der Waals surface area contributed by atoms with Gasteiger partial charge in [-0.05, 0) is 78.0 Å². The second kappa shape index (κ2) is 10.4. The van der Waals surface area contributed by atoms with Crippen molar-refractivity contribution in [3.8, 4) is 0 Å². The zero-order valence-electron chi connectivity index (χ0n) is 21.1. The highest BCUT2D eigenvalue weighted by Crippen LogP contribution is 2.48. The number of aromatic nitrogens is 1. The summed E-state index contributed by atoms with van der Waals surface area (Å²) in [4.78, 5) is 27.7. The number of rotatable bonds is 9. The first-order valence-electron chi connectivity index (χ1n) is 12.2. The lowest BCUT2D eigenvalue weighted by Crippen LogP contribution is -2.35. The van der Waals surface area contributed by atoms with Crippen molar-refractivity contribution in [2.75, 3.05) is 22.8 Å². The Morgan fingerprint density at radius 2 is 2.03 bits per heavy atom. The predicted octanol–water partition coefficient (Wildman–Crippen LogP) is 4.95. The van der Waals surface area contributed by atoms with Crippen LogP contribution in [-0.4, -0.2) is 37.0 Å². The minimum atomic E-state index is -3.93. The van der Waals surface area contributed by atoms with Crippen molar-refractivity contribution in [1.82, 2.24) is 4.57 Å². The number of pyridine rings is 1. The number of anilines is 2. The summed E-state index contributed by atoms with van der Waals surface area (Å²) in [6.45, 7) is 9.63. The van der Waals surface area contributed by atoms with E-state index in [1.807, 2.05) is 36.4 Å². The van der Waals surface area contributed by atoms with Crippen LogP contribution in [0.1, 0.15) is 49.8 Å². The number of nitrogens with one attached hydrogen (secondary N) is 1. The predicted molar refractivity (Wildman–Crippen MR) is 150 cm³/mol. The van der Waals surface area contributed by atoms with Gasteiger partial charge in [0.15, 0.2) is 0 Å². The number of sulfonamides is 1. The van der Waals surface area contributed by atoms with Gasteiger partial charge in [0.05, 0.1) is 17.0 Å². The van der Waals surface area contributed by atoms with Crippen LogP contribution in [0.4, 0.5) is 20.7 Å². The number of carbonyl (C=O) groups excluding carboxylic acids is 1. The van der Waals surface area contributed by atoms with Gasteiger partial charge in [0.25, 0.3) is 5.56 Å². The van der Waals surface area contributed by atoms with Gasteiger partial charge < -0.3 is 4.74 Å². The fourth-order valence-corrected chi connectivity index (χ4v) is 6.71. The van der Waals surface area contributed by atoms with Gasteiger partial charge in [0.2, 0.25) is 10.0 Å². The van der Waals surface area contributed by atoms with E-state index in [0.29, 0.717) is 33.1 Å². The molecule has 8 nitrogen and oxygen atoms in total. The Hall–Kier alpha value is -2.41. The SMILES string of the molecule is C=CCC1(S(=O)(=O)Nc2c(Cc3ccc(I)cc3F)c(C)c(=O)n3c2N(C(=O)OCC(C)C)CC3)CC1. The Morgan fingerprint density at radius 1 is 1.32 bits per heavy atom. The molecular weight excluding hydrogens is 612 g/mol. The molecular formula is C26H31FIN3O5S. The lowest BCUT2D eigenvalue weighted by atomic mass is 9.99. The summed E-state index contributed by atoms with van der Waals surface area (Å²) in [7, 11) is -3.93. The topological polar surface area (TPSA) is 97.7 Å². The second-order valence-electron chi connectivity index (χ2n) is 10.1. The third kappa shape index (κ3) is 5.29. The molecule has 200 valence electrons. The third-order valence-corrected chi connectivity index (χ3v) is 9.73. The molecule has 4 rings (SSSR count). The Balaban J connectivity index is 1.89. The van der Waals surface area contributed by atoms with Gasteiger partial charge in [0, 0.05) is 28.6 Å². The van der Waals surface area contributed by atoms with E-state index in [1.165, 1.54) is 15.5 Å². The number of hydrogen-bond donors (Lipinski definition) is 1. The number of fused-ring (bicyclic) bond motifs is 1. The van der Waals surface area contributed by atoms with Gasteiger partial charge in [-0.2, -0.15) is 0 Å². The van der Waals surface area contributed by atoms with E-state index < -0.39 is 26.7 Å². The maximum atomic E-state index is 14.9. The van der Waals surface area contributed by atoms with E-state index in [0.717, 1.165) is 0 Å². The first kappa shape index (κ1) is 27.6. The average molecular weight is 644 g/mol. The molecule has 2 aromatic rings. The minimum absolute atomic E-state index is 0.0289. The summed E-state index contributed by atoms with van der Waals surface area (Å²) in [5, 5.41) is 0. The fourth-order valence-electron chi connectivity index (χ4n) is 4.58. The highest BCUT2D eigenvalue weighted by molar-refractivity contribution is 14.1. The number of amides is 1. The highest BCUT2D eigenvalue weighted by atomic mass is 127. The zero-order chi connectivity index (χ0) is 27.1. The summed E-state index contributed by atoms with van der Waals surface area (Å²) in [6, 6.07) is 4.75. The maximum Gasteiger partial charge on any atom is 0.415 e. The molecule has 1 aliphatic carbocycles. The first-order chi connectivity index (χ1) is 17.4. The number of allylic oxidation sites excluding steroid dienone is 1. The van der Waals surface area contributed by atoms with Crippen molar-refractivity contribution < 1.29 is 22.3 Å². The van der Waals surface area contributed by atoms with E-state index in [2.05, 4.69) is 11.3 Å². The number of carbonyl (C=O) groups is 1. The molecule has 37 heavy (non-hydrogen) atoms. The summed E-state index contributed by atoms with van der Waals surface area (Å²) >= 11 is 2.01. The summed E-state index contributed by atoms with van der Waals surface area (Å²) in [5.41, 5.74) is 0.699. The van der Waals surface area contributed by atoms with Gasteiger partial charge in [-0.3, -0.25) is 19.0 Å². The van der Waals surface area contributed by atoms with Crippen LogP contribution in [0, 0.1) is 22.2 Å². The maximum absolute atomic E-state index is 14.9. The Morgan fingerprint density at radius 3 is 2.62 bits per heavy atom. The average Bonchev–Trinajstić information content (AvgIpc) is 3.49. The molecule has 11 heteroatoms. The molecule has 1 aromatic carbocycles. The smallest absolute Gasteiger partial charge is 0.415 e. The molecule has 0 bridgehead atoms. The van der Waals surface area contributed by atoms with Crippen LogP contribution in [-0.2, 0) is 27.7 Å². The molecule has 0 saturated heterocycles. The monoisotopic (exact) mass is 643 g/mol. The number of hydrogen-bond acceptors (Lipinski definition) is 5. The van der Waals surface area contributed by atoms with Crippen LogP contribution in [0.25, 0.3) is 0 Å². The van der Waals surface area contributed by atoms with Crippen molar-refractivity contribution in [3.63, 3.8) is 0 Å². The largest absolute Gasteiger partial charge is 0.449 e. The summed E-state index contributed by atoms with van der Waals surface area (Å²) in [5.74, 6) is -0.236. The number of halogens is 2. The molecule has 1 N–H and O–H groups in total. The Bertz CT molecular complexity index is 1420. The van der Waals surface area contributed by atoms with E-state index >= 15 is 0 Å². The lowest BCUT2D eigenvalue weighted by Gasteiger charge is -2.25. The number of nitrogens with zero attached hydrogens (tertiary/aromatic N) is 2. The molecule has 0 radical (unpaired) electrons. The normalized spacial score (nSPS) is 16.0. The third-order valence-electron chi connectivity index (χ3n) is 6.88. The molecule has 0 unspecified atom stereocenters. The minimum Gasteiger partial charge on any atom is -0.449 e. The van der Waals surface area contributed by atoms with Crippen LogP contribution in [0.2, 0.25) is 0 Å². The van der Waals surface area contributed by atoms with E-state index in [9.17, 15) is 22.4 Å². The quantitative estimate of drug-likeness (QED) is 0.308. The van der Waals surface area contributed by atoms with Crippen LogP contribution in [0.15, 0.2) is 35.6 Å². The van der Waals surface area contributed by atoms with Gasteiger partial charge in [0.1, 0.15) is 11.6 Å². The highest BCUT2D eigenvalue weighted by Gasteiger charge is 2.54. The van der Waals surface area contributed by atoms with Gasteiger partial charge in [-0.25, -0.2) is 17.6 Å². The zero-order valence-corrected chi connectivity index (χ0v) is 24.1. The molecule has 1 saturated carbocycles. The molecule has 1 fully saturated rings. The van der Waals surface area contributed by atoms with E-state index in [1.54, 1.807) is 25.1 Å². The summed E-state index contributed by atoms with van der Waals surface area (Å²) in [6.07, 6.45) is 2.11. The van der Waals surface area contributed by atoms with E-state index in [-0.39, 0.29) is 55.5 Å². The lowest BCUT2D eigenvalue weighted by molar-refractivity contribution is 0.140. The molecule has 1 aliphatic heterocycles. The molecule has 1 aromatic heterocycles. The van der Waals surface area contributed by atoms with Gasteiger partial charge in [-0.1, -0.05) is 26.0 Å². The van der Waals surface area contributed by atoms with Crippen molar-refractivity contribution >= 4 is 50.2 Å². The molecule has 2 aliphatic rings. The fraction of sp³-hybridized carbons (Fsp3) is 0.462. The Labute approximate surface area is 230 Å². The van der Waals surface area contributed by atoms with Crippen molar-refractivity contribution in [3.05, 3.63) is 67.3 Å². The Kier molecular flexibility index (Phi) is 7.76. The molecule has 0 spiro atoms. The number of ether oxygens (including phenoxy) is 1. The van der Waals surface area contributed by atoms with Gasteiger partial charge in [-0.15, -0.1) is 6.58 Å². The van der Waals surface area contributed by atoms with Crippen LogP contribution in [0.5, 0.6) is 0 Å². The molecule has 0 atom stereocenters. The van der Waals surface area contributed by atoms with Crippen LogP contribution < -0.4 is 15.2 Å². The van der Waals surface area contributed by atoms with Crippen molar-refractivity contribution in [2.45, 2.75) is 57.7 Å². The standard InChI is InChI=1S/C26H31FIN3O5S/c1-5-8-26(9-10-26)37(34,35)29-22-20(13-18-6-7-19(28)14-21(18)27)17(4)24(32)30-11-12-31(23(22)30)25(33)36-15-16(2)3/h5-7,14,16,29H,1,8-13,15H2,2-4H3. The molecule has 1 amide bonds. The summed E-state index contributed by atoms with van der Waals surface area (Å²) < 4.78 is 51.4. The van der Waals surface area contributed by atoms with Crippen molar-refractivity contribution in [1.29, 1.82) is 0 Å². The second-order valence-corrected chi connectivity index (χ2v) is 13.4. The number of benzene rings is 1. The van der Waals surface area contributed by atoms with E-state index in [4.69, 9.17) is 4.74 Å².